The smallest absolute Gasteiger partial charge is 0.387 e. The van der Waals surface area contributed by atoms with Crippen LogP contribution in [0.1, 0.15) is 21.5 Å². The van der Waals surface area contributed by atoms with Crippen LogP contribution in [-0.4, -0.2) is 61.5 Å². The van der Waals surface area contributed by atoms with E-state index in [0.717, 1.165) is 11.3 Å². The van der Waals surface area contributed by atoms with Gasteiger partial charge in [0.15, 0.2) is 0 Å². The molecule has 1 fully saturated rings. The van der Waals surface area contributed by atoms with Gasteiger partial charge in [0.1, 0.15) is 12.3 Å². The van der Waals surface area contributed by atoms with Gasteiger partial charge in [0.05, 0.1) is 6.04 Å². The van der Waals surface area contributed by atoms with Gasteiger partial charge in [-0.15, -0.1) is 0 Å². The number of carbonyl (C=O) groups excluding carboxylic acids is 2. The predicted molar refractivity (Wildman–Crippen MR) is 134 cm³/mol. The third-order valence-electron chi connectivity index (χ3n) is 6.23. The van der Waals surface area contributed by atoms with Crippen LogP contribution in [0.4, 0.5) is 14.5 Å². The third kappa shape index (κ3) is 6.19. The molecular formula is C28H29F2N3O3. The molecule has 0 radical (unpaired) electrons. The molecule has 0 unspecified atom stereocenters. The zero-order valence-corrected chi connectivity index (χ0v) is 20.3. The summed E-state index contributed by atoms with van der Waals surface area (Å²) < 4.78 is 29.9. The van der Waals surface area contributed by atoms with Crippen molar-refractivity contribution < 1.29 is 23.1 Å². The lowest BCUT2D eigenvalue weighted by Crippen LogP contribution is -2.58. The molecule has 188 valence electrons. The summed E-state index contributed by atoms with van der Waals surface area (Å²) in [6, 6.07) is 23.2. The number of ether oxygens (including phenoxy) is 1. The van der Waals surface area contributed by atoms with Crippen LogP contribution in [0.15, 0.2) is 78.9 Å². The number of carbonyl (C=O) groups is 2. The molecule has 1 heterocycles. The summed E-state index contributed by atoms with van der Waals surface area (Å²) in [6.45, 7) is -2.38. The van der Waals surface area contributed by atoms with Crippen LogP contribution in [0.5, 0.6) is 5.75 Å². The Morgan fingerprint density at radius 3 is 2.36 bits per heavy atom. The monoisotopic (exact) mass is 493 g/mol. The van der Waals surface area contributed by atoms with E-state index in [-0.39, 0.29) is 36.7 Å². The summed E-state index contributed by atoms with van der Waals surface area (Å²) >= 11 is 0. The largest absolute Gasteiger partial charge is 0.435 e. The van der Waals surface area contributed by atoms with Crippen molar-refractivity contribution in [3.8, 4) is 5.75 Å². The Balaban J connectivity index is 1.56. The number of rotatable bonds is 8. The maximum Gasteiger partial charge on any atom is 0.387 e. The van der Waals surface area contributed by atoms with E-state index in [1.165, 1.54) is 12.1 Å². The maximum atomic E-state index is 13.3. The number of nitrogens with zero attached hydrogens (tertiary/aromatic N) is 3. The number of piperazine rings is 1. The average Bonchev–Trinajstić information content (AvgIpc) is 2.86. The molecule has 4 rings (SSSR count). The number of amides is 2. The van der Waals surface area contributed by atoms with Crippen LogP contribution in [-0.2, 0) is 17.8 Å². The molecule has 0 bridgehead atoms. The minimum absolute atomic E-state index is 0.0459. The van der Waals surface area contributed by atoms with Crippen molar-refractivity contribution in [3.63, 3.8) is 0 Å². The molecule has 8 heteroatoms. The average molecular weight is 494 g/mol. The number of anilines is 1. The zero-order chi connectivity index (χ0) is 25.7. The van der Waals surface area contributed by atoms with E-state index in [0.29, 0.717) is 24.1 Å². The molecule has 0 N–H and O–H groups in total. The molecule has 6 nitrogen and oxygen atoms in total. The lowest BCUT2D eigenvalue weighted by molar-refractivity contribution is -0.139. The first-order valence-electron chi connectivity index (χ1n) is 11.7. The van der Waals surface area contributed by atoms with Gasteiger partial charge in [-0.05, 0) is 53.9 Å². The first kappa shape index (κ1) is 25.2. The fraction of sp³-hybridized carbons (Fsp3) is 0.286. The minimum Gasteiger partial charge on any atom is -0.435 e. The molecule has 36 heavy (non-hydrogen) atoms. The molecule has 0 aromatic heterocycles. The topological polar surface area (TPSA) is 53.1 Å². The van der Waals surface area contributed by atoms with Crippen molar-refractivity contribution in [1.29, 1.82) is 0 Å². The van der Waals surface area contributed by atoms with Crippen LogP contribution in [0, 0.1) is 0 Å². The number of benzene rings is 3. The van der Waals surface area contributed by atoms with Gasteiger partial charge in [-0.1, -0.05) is 42.5 Å². The standard InChI is InChI=1S/C28H29F2N3O3/c1-31(2)23-13-11-22(12-14-23)27(35)32-18-24(15-20-7-4-3-5-8-20)33(26(34)19-32)17-21-9-6-10-25(16-21)36-28(29)30/h3-14,16,24,28H,15,17-19H2,1-2H3/t24-/m0/s1. The number of halogens is 2. The molecule has 1 atom stereocenters. The molecule has 0 aliphatic carbocycles. The Morgan fingerprint density at radius 1 is 1.00 bits per heavy atom. The summed E-state index contributed by atoms with van der Waals surface area (Å²) in [4.78, 5) is 31.9. The maximum absolute atomic E-state index is 13.3. The first-order valence-corrected chi connectivity index (χ1v) is 11.7. The van der Waals surface area contributed by atoms with Gasteiger partial charge in [0.25, 0.3) is 5.91 Å². The Bertz CT molecular complexity index is 1190. The summed E-state index contributed by atoms with van der Waals surface area (Å²) in [5.41, 5.74) is 3.22. The SMILES string of the molecule is CN(C)c1ccc(C(=O)N2CC(=O)N(Cc3cccc(OC(F)F)c3)[C@@H](Cc3ccccc3)C2)cc1. The van der Waals surface area contributed by atoms with Crippen molar-refractivity contribution in [1.82, 2.24) is 9.80 Å². The fourth-order valence-electron chi connectivity index (χ4n) is 4.41. The predicted octanol–water partition coefficient (Wildman–Crippen LogP) is 4.45. The molecule has 1 aliphatic rings. The Kier molecular flexibility index (Phi) is 7.83. The van der Waals surface area contributed by atoms with Crippen molar-refractivity contribution in [2.75, 3.05) is 32.1 Å². The molecule has 2 amide bonds. The van der Waals surface area contributed by atoms with Crippen LogP contribution in [0.3, 0.4) is 0 Å². The van der Waals surface area contributed by atoms with Gasteiger partial charge in [0, 0.05) is 38.4 Å². The Labute approximate surface area is 209 Å². The molecule has 0 saturated carbocycles. The zero-order valence-electron chi connectivity index (χ0n) is 20.3. The van der Waals surface area contributed by atoms with Gasteiger partial charge in [-0.3, -0.25) is 9.59 Å². The Hall–Kier alpha value is -3.94. The quantitative estimate of drug-likeness (QED) is 0.465. The second-order valence-corrected chi connectivity index (χ2v) is 9.02. The van der Waals surface area contributed by atoms with Crippen LogP contribution in [0.2, 0.25) is 0 Å². The van der Waals surface area contributed by atoms with Gasteiger partial charge >= 0.3 is 6.61 Å². The summed E-state index contributed by atoms with van der Waals surface area (Å²) in [6.07, 6.45) is 0.559. The van der Waals surface area contributed by atoms with Crippen LogP contribution >= 0.6 is 0 Å². The van der Waals surface area contributed by atoms with E-state index in [1.54, 1.807) is 34.1 Å². The Morgan fingerprint density at radius 2 is 1.69 bits per heavy atom. The van der Waals surface area contributed by atoms with Gasteiger partial charge < -0.3 is 19.4 Å². The van der Waals surface area contributed by atoms with E-state index in [1.807, 2.05) is 61.5 Å². The minimum atomic E-state index is -2.92. The number of alkyl halides is 2. The van der Waals surface area contributed by atoms with Crippen molar-refractivity contribution in [2.45, 2.75) is 25.6 Å². The highest BCUT2D eigenvalue weighted by molar-refractivity contribution is 5.97. The normalized spacial score (nSPS) is 15.8. The molecule has 3 aromatic rings. The highest BCUT2D eigenvalue weighted by atomic mass is 19.3. The van der Waals surface area contributed by atoms with E-state index >= 15 is 0 Å². The second-order valence-electron chi connectivity index (χ2n) is 9.02. The molecule has 1 saturated heterocycles. The summed E-state index contributed by atoms with van der Waals surface area (Å²) in [5.74, 6) is -0.344. The van der Waals surface area contributed by atoms with Gasteiger partial charge in [-0.25, -0.2) is 0 Å². The van der Waals surface area contributed by atoms with E-state index in [4.69, 9.17) is 0 Å². The summed E-state index contributed by atoms with van der Waals surface area (Å²) in [5, 5.41) is 0. The number of hydrogen-bond donors (Lipinski definition) is 0. The van der Waals surface area contributed by atoms with Gasteiger partial charge in [-0.2, -0.15) is 8.78 Å². The lowest BCUT2D eigenvalue weighted by Gasteiger charge is -2.41. The second kappa shape index (κ2) is 11.2. The highest BCUT2D eigenvalue weighted by Crippen LogP contribution is 2.23. The molecule has 0 spiro atoms. The highest BCUT2D eigenvalue weighted by Gasteiger charge is 2.35. The number of hydrogen-bond acceptors (Lipinski definition) is 4. The molecule has 3 aromatic carbocycles. The first-order chi connectivity index (χ1) is 17.3. The molecule has 1 aliphatic heterocycles. The van der Waals surface area contributed by atoms with Gasteiger partial charge in [0.2, 0.25) is 5.91 Å². The van der Waals surface area contributed by atoms with Crippen molar-refractivity contribution in [2.24, 2.45) is 0 Å². The van der Waals surface area contributed by atoms with Crippen molar-refractivity contribution >= 4 is 17.5 Å². The van der Waals surface area contributed by atoms with Crippen molar-refractivity contribution in [3.05, 3.63) is 95.6 Å². The molecular weight excluding hydrogens is 464 g/mol. The van der Waals surface area contributed by atoms with Crippen LogP contribution < -0.4 is 9.64 Å². The summed E-state index contributed by atoms with van der Waals surface area (Å²) in [7, 11) is 3.86. The lowest BCUT2D eigenvalue weighted by atomic mass is 10.00. The third-order valence-corrected chi connectivity index (χ3v) is 6.23. The van der Waals surface area contributed by atoms with E-state index in [9.17, 15) is 18.4 Å². The van der Waals surface area contributed by atoms with E-state index < -0.39 is 6.61 Å². The van der Waals surface area contributed by atoms with Crippen LogP contribution in [0.25, 0.3) is 0 Å². The fourth-order valence-corrected chi connectivity index (χ4v) is 4.41. The van der Waals surface area contributed by atoms with E-state index in [2.05, 4.69) is 4.74 Å².